The number of ether oxygens (including phenoxy) is 1. The summed E-state index contributed by atoms with van der Waals surface area (Å²) in [7, 11) is 0. The summed E-state index contributed by atoms with van der Waals surface area (Å²) in [5.74, 6) is 5.86. The summed E-state index contributed by atoms with van der Waals surface area (Å²) < 4.78 is 5.13. The molecule has 1 amide bonds. The first-order chi connectivity index (χ1) is 9.27. The number of hydrogen-bond donors (Lipinski definition) is 2. The molecule has 5 heteroatoms. The smallest absolute Gasteiger partial charge is 0.222 e. The molecule has 0 bridgehead atoms. The van der Waals surface area contributed by atoms with Crippen LogP contribution in [-0.4, -0.2) is 30.8 Å². The van der Waals surface area contributed by atoms with Crippen LogP contribution in [0.3, 0.4) is 0 Å². The average Bonchev–Trinajstić information content (AvgIpc) is 2.85. The summed E-state index contributed by atoms with van der Waals surface area (Å²) in [5, 5.41) is 13.5. The molecule has 0 radical (unpaired) electrons. The second kappa shape index (κ2) is 9.56. The maximum absolute atomic E-state index is 11.5. The zero-order valence-corrected chi connectivity index (χ0v) is 11.9. The van der Waals surface area contributed by atoms with Crippen molar-refractivity contribution in [1.29, 1.82) is 0 Å². The fourth-order valence-corrected chi connectivity index (χ4v) is 2.15. The molecule has 0 aliphatic heterocycles. The maximum atomic E-state index is 11.5. The van der Waals surface area contributed by atoms with Gasteiger partial charge in [-0.05, 0) is 18.4 Å². The second-order valence-corrected chi connectivity index (χ2v) is 4.76. The summed E-state index contributed by atoms with van der Waals surface area (Å²) in [6, 6.07) is 1.93. The molecule has 19 heavy (non-hydrogen) atoms. The van der Waals surface area contributed by atoms with Crippen LogP contribution in [-0.2, 0) is 16.1 Å². The highest BCUT2D eigenvalue weighted by molar-refractivity contribution is 7.10. The van der Waals surface area contributed by atoms with Crippen LogP contribution in [0.1, 0.15) is 30.2 Å². The maximum Gasteiger partial charge on any atom is 0.222 e. The molecule has 1 rings (SSSR count). The number of carbonyl (C=O) groups excluding carboxylic acids is 1. The molecule has 0 saturated heterocycles. The number of rotatable bonds is 7. The molecule has 0 aliphatic carbocycles. The first-order valence-electron chi connectivity index (χ1n) is 6.28. The van der Waals surface area contributed by atoms with Crippen molar-refractivity contribution in [2.75, 3.05) is 19.8 Å². The van der Waals surface area contributed by atoms with Crippen LogP contribution in [0.4, 0.5) is 0 Å². The van der Waals surface area contributed by atoms with Gasteiger partial charge in [-0.2, -0.15) is 0 Å². The van der Waals surface area contributed by atoms with E-state index in [9.17, 15) is 4.79 Å². The zero-order chi connectivity index (χ0) is 13.9. The quantitative estimate of drug-likeness (QED) is 0.588. The summed E-state index contributed by atoms with van der Waals surface area (Å²) in [6.45, 7) is 3.55. The van der Waals surface area contributed by atoms with Gasteiger partial charge in [0.1, 0.15) is 0 Å². The van der Waals surface area contributed by atoms with Gasteiger partial charge >= 0.3 is 0 Å². The van der Waals surface area contributed by atoms with Crippen LogP contribution >= 0.6 is 11.3 Å². The Morgan fingerprint density at radius 2 is 2.42 bits per heavy atom. The highest BCUT2D eigenvalue weighted by Crippen LogP contribution is 2.15. The molecule has 0 saturated carbocycles. The minimum Gasteiger partial charge on any atom is -0.395 e. The number of aliphatic hydroxyl groups is 1. The highest BCUT2D eigenvalue weighted by Gasteiger charge is 2.05. The molecule has 0 aliphatic rings. The highest BCUT2D eigenvalue weighted by atomic mass is 32.1. The lowest BCUT2D eigenvalue weighted by Gasteiger charge is -2.04. The van der Waals surface area contributed by atoms with E-state index >= 15 is 0 Å². The summed E-state index contributed by atoms with van der Waals surface area (Å²) in [6.07, 6.45) is 0.848. The molecule has 0 spiro atoms. The fraction of sp³-hybridized carbons (Fsp3) is 0.500. The second-order valence-electron chi connectivity index (χ2n) is 3.76. The number of carbonyl (C=O) groups is 1. The molecule has 0 fully saturated rings. The molecule has 1 aromatic heterocycles. The first kappa shape index (κ1) is 15.7. The molecule has 0 unspecified atom stereocenters. The van der Waals surface area contributed by atoms with Gasteiger partial charge in [0.25, 0.3) is 0 Å². The SMILES string of the molecule is CCOCCC(=O)NCc1sccc1C#CCCO. The van der Waals surface area contributed by atoms with Crippen molar-refractivity contribution in [2.45, 2.75) is 26.3 Å². The standard InChI is InChI=1S/C14H19NO3S/c1-2-18-9-6-14(17)15-11-13-12(7-10-19-13)5-3-4-8-16/h7,10,16H,2,4,6,8-9,11H2,1H3,(H,15,17). The van der Waals surface area contributed by atoms with Gasteiger partial charge in [0.15, 0.2) is 0 Å². The molecule has 1 aromatic rings. The normalized spacial score (nSPS) is 9.79. The van der Waals surface area contributed by atoms with Gasteiger partial charge in [-0.3, -0.25) is 4.79 Å². The van der Waals surface area contributed by atoms with Gasteiger partial charge in [-0.1, -0.05) is 11.8 Å². The van der Waals surface area contributed by atoms with Gasteiger partial charge in [0.2, 0.25) is 5.91 Å². The van der Waals surface area contributed by atoms with Crippen molar-refractivity contribution >= 4 is 17.2 Å². The minimum absolute atomic E-state index is 0.0175. The van der Waals surface area contributed by atoms with Gasteiger partial charge in [0.05, 0.1) is 19.8 Å². The third kappa shape index (κ3) is 6.39. The van der Waals surface area contributed by atoms with E-state index in [-0.39, 0.29) is 12.5 Å². The lowest BCUT2D eigenvalue weighted by Crippen LogP contribution is -2.23. The molecular formula is C14H19NO3S. The Bertz CT molecular complexity index is 445. The Kier molecular flexibility index (Phi) is 7.91. The van der Waals surface area contributed by atoms with E-state index in [0.717, 1.165) is 10.4 Å². The van der Waals surface area contributed by atoms with Crippen molar-refractivity contribution in [1.82, 2.24) is 5.32 Å². The van der Waals surface area contributed by atoms with E-state index in [1.807, 2.05) is 18.4 Å². The Labute approximate surface area is 117 Å². The van der Waals surface area contributed by atoms with Gasteiger partial charge in [-0.25, -0.2) is 0 Å². The van der Waals surface area contributed by atoms with Gasteiger partial charge < -0.3 is 15.2 Å². The third-order valence-corrected chi connectivity index (χ3v) is 3.25. The van der Waals surface area contributed by atoms with Gasteiger partial charge in [0, 0.05) is 29.9 Å². The summed E-state index contributed by atoms with van der Waals surface area (Å²) in [5.41, 5.74) is 0.920. The molecule has 1 heterocycles. The Morgan fingerprint density at radius 1 is 1.58 bits per heavy atom. The zero-order valence-electron chi connectivity index (χ0n) is 11.1. The number of hydrogen-bond acceptors (Lipinski definition) is 4. The molecule has 0 atom stereocenters. The number of amides is 1. The van der Waals surface area contributed by atoms with Crippen LogP contribution in [0.5, 0.6) is 0 Å². The van der Waals surface area contributed by atoms with E-state index in [1.54, 1.807) is 11.3 Å². The van der Waals surface area contributed by atoms with Crippen LogP contribution in [0, 0.1) is 11.8 Å². The van der Waals surface area contributed by atoms with Crippen molar-refractivity contribution in [3.63, 3.8) is 0 Å². The van der Waals surface area contributed by atoms with Crippen molar-refractivity contribution in [2.24, 2.45) is 0 Å². The lowest BCUT2D eigenvalue weighted by molar-refractivity contribution is -0.122. The number of thiophene rings is 1. The summed E-state index contributed by atoms with van der Waals surface area (Å²) in [4.78, 5) is 12.6. The lowest BCUT2D eigenvalue weighted by atomic mass is 10.2. The average molecular weight is 281 g/mol. The monoisotopic (exact) mass is 281 g/mol. The predicted octanol–water partition coefficient (Wildman–Crippen LogP) is 1.52. The van der Waals surface area contributed by atoms with Crippen molar-refractivity contribution < 1.29 is 14.6 Å². The fourth-order valence-electron chi connectivity index (χ4n) is 1.38. The van der Waals surface area contributed by atoms with E-state index in [1.165, 1.54) is 0 Å². The van der Waals surface area contributed by atoms with E-state index < -0.39 is 0 Å². The molecule has 104 valence electrons. The largest absolute Gasteiger partial charge is 0.395 e. The minimum atomic E-state index is -0.0175. The van der Waals surface area contributed by atoms with Crippen LogP contribution < -0.4 is 5.32 Å². The topological polar surface area (TPSA) is 58.6 Å². The van der Waals surface area contributed by atoms with Crippen LogP contribution in [0.25, 0.3) is 0 Å². The van der Waals surface area contributed by atoms with Crippen LogP contribution in [0.15, 0.2) is 11.4 Å². The first-order valence-corrected chi connectivity index (χ1v) is 7.16. The molecular weight excluding hydrogens is 262 g/mol. The van der Waals surface area contributed by atoms with E-state index in [4.69, 9.17) is 9.84 Å². The third-order valence-electron chi connectivity index (χ3n) is 2.33. The van der Waals surface area contributed by atoms with Gasteiger partial charge in [-0.15, -0.1) is 11.3 Å². The molecule has 4 nitrogen and oxygen atoms in total. The van der Waals surface area contributed by atoms with Crippen molar-refractivity contribution in [3.05, 3.63) is 21.9 Å². The Balaban J connectivity index is 2.39. The van der Waals surface area contributed by atoms with Crippen molar-refractivity contribution in [3.8, 4) is 11.8 Å². The number of nitrogens with one attached hydrogen (secondary N) is 1. The Morgan fingerprint density at radius 3 is 3.16 bits per heavy atom. The molecule has 0 aromatic carbocycles. The number of aliphatic hydroxyl groups excluding tert-OH is 1. The molecule has 2 N–H and O–H groups in total. The Hall–Kier alpha value is -1.35. The van der Waals surface area contributed by atoms with E-state index in [2.05, 4.69) is 17.2 Å². The van der Waals surface area contributed by atoms with E-state index in [0.29, 0.717) is 32.6 Å². The van der Waals surface area contributed by atoms with Crippen LogP contribution in [0.2, 0.25) is 0 Å². The summed E-state index contributed by atoms with van der Waals surface area (Å²) >= 11 is 1.57. The predicted molar refractivity (Wildman–Crippen MR) is 75.9 cm³/mol.